The standard InChI is InChI=1S/C24H36N4O4/c1-24(18-29-2)10-13-27(14-11-24)23-26-25-22(20-7-4-5-8-21(20)30-3)28(23)12-6-15-32-19-9-16-31-17-19/h4-5,7-8,19H,6,9-18H2,1-3H3. The molecule has 176 valence electrons. The number of para-hydroxylation sites is 1. The van der Waals surface area contributed by atoms with Crippen LogP contribution in [0.4, 0.5) is 5.95 Å². The minimum absolute atomic E-state index is 0.221. The molecule has 1 aromatic carbocycles. The first kappa shape index (κ1) is 23.0. The van der Waals surface area contributed by atoms with Crippen LogP contribution in [-0.2, 0) is 20.8 Å². The number of piperidine rings is 1. The largest absolute Gasteiger partial charge is 0.496 e. The number of ether oxygens (including phenoxy) is 4. The van der Waals surface area contributed by atoms with Crippen LogP contribution in [0, 0.1) is 5.41 Å². The van der Waals surface area contributed by atoms with Crippen molar-refractivity contribution in [1.29, 1.82) is 0 Å². The van der Waals surface area contributed by atoms with Crippen LogP contribution < -0.4 is 9.64 Å². The Bertz CT molecular complexity index is 857. The summed E-state index contributed by atoms with van der Waals surface area (Å²) in [6, 6.07) is 8.00. The highest BCUT2D eigenvalue weighted by Crippen LogP contribution is 2.35. The molecule has 2 aliphatic rings. The molecule has 0 bridgehead atoms. The Kier molecular flexibility index (Phi) is 7.65. The van der Waals surface area contributed by atoms with E-state index >= 15 is 0 Å². The van der Waals surface area contributed by atoms with Crippen molar-refractivity contribution in [1.82, 2.24) is 14.8 Å². The topological polar surface area (TPSA) is 70.9 Å². The first-order valence-electron chi connectivity index (χ1n) is 11.6. The van der Waals surface area contributed by atoms with Crippen LogP contribution in [0.2, 0.25) is 0 Å². The van der Waals surface area contributed by atoms with Crippen molar-refractivity contribution >= 4 is 5.95 Å². The third-order valence-corrected chi connectivity index (χ3v) is 6.59. The fraction of sp³-hybridized carbons (Fsp3) is 0.667. The van der Waals surface area contributed by atoms with Gasteiger partial charge in [0.05, 0.1) is 32.0 Å². The number of nitrogens with zero attached hydrogens (tertiary/aromatic N) is 4. The summed E-state index contributed by atoms with van der Waals surface area (Å²) in [5, 5.41) is 9.24. The highest BCUT2D eigenvalue weighted by Gasteiger charge is 2.32. The van der Waals surface area contributed by atoms with Gasteiger partial charge in [0.1, 0.15) is 5.75 Å². The fourth-order valence-electron chi connectivity index (χ4n) is 4.62. The molecule has 2 fully saturated rings. The lowest BCUT2D eigenvalue weighted by molar-refractivity contribution is 0.0400. The van der Waals surface area contributed by atoms with Gasteiger partial charge in [0.25, 0.3) is 0 Å². The van der Waals surface area contributed by atoms with Gasteiger partial charge in [0.15, 0.2) is 5.82 Å². The van der Waals surface area contributed by atoms with E-state index in [9.17, 15) is 0 Å². The molecule has 8 heteroatoms. The van der Waals surface area contributed by atoms with E-state index < -0.39 is 0 Å². The van der Waals surface area contributed by atoms with Gasteiger partial charge in [-0.15, -0.1) is 10.2 Å². The third-order valence-electron chi connectivity index (χ3n) is 6.59. The van der Waals surface area contributed by atoms with E-state index in [1.165, 1.54) is 0 Å². The summed E-state index contributed by atoms with van der Waals surface area (Å²) in [4.78, 5) is 2.36. The molecule has 2 saturated heterocycles. The molecule has 0 saturated carbocycles. The Morgan fingerprint density at radius 2 is 1.97 bits per heavy atom. The van der Waals surface area contributed by atoms with Gasteiger partial charge in [-0.3, -0.25) is 4.57 Å². The first-order valence-corrected chi connectivity index (χ1v) is 11.6. The summed E-state index contributed by atoms with van der Waals surface area (Å²) in [5.74, 6) is 2.57. The molecule has 8 nitrogen and oxygen atoms in total. The molecular formula is C24H36N4O4. The zero-order chi connectivity index (χ0) is 22.4. The van der Waals surface area contributed by atoms with Gasteiger partial charge < -0.3 is 23.8 Å². The molecule has 1 aromatic heterocycles. The smallest absolute Gasteiger partial charge is 0.227 e. The lowest BCUT2D eigenvalue weighted by Crippen LogP contribution is -2.42. The lowest BCUT2D eigenvalue weighted by Gasteiger charge is -2.39. The number of hydrogen-bond donors (Lipinski definition) is 0. The van der Waals surface area contributed by atoms with Crippen LogP contribution in [0.5, 0.6) is 5.75 Å². The minimum atomic E-state index is 0.221. The summed E-state index contributed by atoms with van der Waals surface area (Å²) in [7, 11) is 3.48. The summed E-state index contributed by atoms with van der Waals surface area (Å²) >= 11 is 0. The van der Waals surface area contributed by atoms with E-state index in [2.05, 4.69) is 26.6 Å². The number of benzene rings is 1. The molecule has 0 spiro atoms. The van der Waals surface area contributed by atoms with Gasteiger partial charge in [-0.25, -0.2) is 0 Å². The van der Waals surface area contributed by atoms with Gasteiger partial charge in [-0.2, -0.15) is 0 Å². The Hall–Kier alpha value is -2.16. The summed E-state index contributed by atoms with van der Waals surface area (Å²) in [6.45, 7) is 7.98. The monoisotopic (exact) mass is 444 g/mol. The molecule has 2 aliphatic heterocycles. The maximum Gasteiger partial charge on any atom is 0.227 e. The van der Waals surface area contributed by atoms with Gasteiger partial charge in [0, 0.05) is 40.0 Å². The SMILES string of the molecule is COCC1(C)CCN(c2nnc(-c3ccccc3OC)n2CCCOC2CCOC2)CC1. The van der Waals surface area contributed by atoms with Crippen LogP contribution in [0.15, 0.2) is 24.3 Å². The van der Waals surface area contributed by atoms with E-state index in [0.29, 0.717) is 13.2 Å². The van der Waals surface area contributed by atoms with Crippen molar-refractivity contribution in [3.05, 3.63) is 24.3 Å². The van der Waals surface area contributed by atoms with E-state index in [1.807, 2.05) is 24.3 Å². The molecule has 0 N–H and O–H groups in total. The Morgan fingerprint density at radius 1 is 1.16 bits per heavy atom. The van der Waals surface area contributed by atoms with Crippen molar-refractivity contribution in [3.63, 3.8) is 0 Å². The van der Waals surface area contributed by atoms with Crippen LogP contribution in [0.3, 0.4) is 0 Å². The van der Waals surface area contributed by atoms with Crippen molar-refractivity contribution in [3.8, 4) is 17.1 Å². The maximum atomic E-state index is 6.00. The highest BCUT2D eigenvalue weighted by molar-refractivity contribution is 5.65. The van der Waals surface area contributed by atoms with Crippen LogP contribution >= 0.6 is 0 Å². The number of methoxy groups -OCH3 is 2. The van der Waals surface area contributed by atoms with Gasteiger partial charge >= 0.3 is 0 Å². The Labute approximate surface area is 190 Å². The van der Waals surface area contributed by atoms with Crippen molar-refractivity contribution < 1.29 is 18.9 Å². The van der Waals surface area contributed by atoms with Crippen molar-refractivity contribution in [2.45, 2.75) is 45.3 Å². The first-order chi connectivity index (χ1) is 15.6. The van der Waals surface area contributed by atoms with Crippen LogP contribution in [-0.4, -0.2) is 74.6 Å². The number of hydrogen-bond acceptors (Lipinski definition) is 7. The van der Waals surface area contributed by atoms with Gasteiger partial charge in [-0.1, -0.05) is 19.1 Å². The molecule has 0 radical (unpaired) electrons. The number of anilines is 1. The molecule has 0 aliphatic carbocycles. The molecule has 4 rings (SSSR count). The predicted octanol–water partition coefficient (Wildman–Crippen LogP) is 3.40. The predicted molar refractivity (Wildman–Crippen MR) is 123 cm³/mol. The van der Waals surface area contributed by atoms with Crippen molar-refractivity contribution in [2.24, 2.45) is 5.41 Å². The highest BCUT2D eigenvalue weighted by atomic mass is 16.5. The molecule has 1 unspecified atom stereocenters. The summed E-state index contributed by atoms with van der Waals surface area (Å²) in [6.07, 6.45) is 4.24. The summed E-state index contributed by atoms with van der Waals surface area (Å²) in [5.41, 5.74) is 1.18. The van der Waals surface area contributed by atoms with E-state index in [1.54, 1.807) is 14.2 Å². The molecule has 0 amide bonds. The molecule has 2 aromatic rings. The summed E-state index contributed by atoms with van der Waals surface area (Å²) < 4.78 is 24.7. The fourth-order valence-corrected chi connectivity index (χ4v) is 4.62. The number of aromatic nitrogens is 3. The second-order valence-corrected chi connectivity index (χ2v) is 9.12. The van der Waals surface area contributed by atoms with E-state index in [0.717, 1.165) is 81.6 Å². The number of rotatable bonds is 10. The van der Waals surface area contributed by atoms with E-state index in [4.69, 9.17) is 18.9 Å². The van der Waals surface area contributed by atoms with Crippen LogP contribution in [0.25, 0.3) is 11.4 Å². The average Bonchev–Trinajstić information content (AvgIpc) is 3.47. The maximum absolute atomic E-state index is 6.00. The third kappa shape index (κ3) is 5.24. The van der Waals surface area contributed by atoms with Gasteiger partial charge in [0.2, 0.25) is 5.95 Å². The quantitative estimate of drug-likeness (QED) is 0.520. The molecular weight excluding hydrogens is 408 g/mol. The Balaban J connectivity index is 1.52. The minimum Gasteiger partial charge on any atom is -0.496 e. The van der Waals surface area contributed by atoms with Gasteiger partial charge in [-0.05, 0) is 43.2 Å². The second kappa shape index (κ2) is 10.6. The second-order valence-electron chi connectivity index (χ2n) is 9.12. The van der Waals surface area contributed by atoms with Crippen LogP contribution in [0.1, 0.15) is 32.6 Å². The van der Waals surface area contributed by atoms with E-state index in [-0.39, 0.29) is 11.5 Å². The van der Waals surface area contributed by atoms with Crippen molar-refractivity contribution in [2.75, 3.05) is 58.6 Å². The molecule has 3 heterocycles. The normalized spacial score (nSPS) is 20.6. The molecule has 32 heavy (non-hydrogen) atoms. The zero-order valence-electron chi connectivity index (χ0n) is 19.6. The lowest BCUT2D eigenvalue weighted by atomic mass is 9.81. The Morgan fingerprint density at radius 3 is 2.69 bits per heavy atom. The zero-order valence-corrected chi connectivity index (χ0v) is 19.6. The average molecular weight is 445 g/mol. The molecule has 1 atom stereocenters.